The van der Waals surface area contributed by atoms with Gasteiger partial charge in [-0.2, -0.15) is 0 Å². The van der Waals surface area contributed by atoms with Crippen LogP contribution in [-0.4, -0.2) is 4.57 Å². The number of hydrogen-bond donors (Lipinski definition) is 0. The molecular weight excluding hydrogens is 689 g/mol. The van der Waals surface area contributed by atoms with Gasteiger partial charge in [-0.05, 0) is 110 Å². The van der Waals surface area contributed by atoms with Crippen molar-refractivity contribution in [3.8, 4) is 39.1 Å². The molecule has 0 N–H and O–H groups in total. The van der Waals surface area contributed by atoms with E-state index in [-0.39, 0.29) is 5.41 Å². The molecule has 0 atom stereocenters. The number of anilines is 3. The molecule has 10 aromatic rings. The zero-order valence-corrected chi connectivity index (χ0v) is 32.0. The zero-order valence-electron chi connectivity index (χ0n) is 32.0. The largest absolute Gasteiger partial charge is 0.310 e. The Morgan fingerprint density at radius 2 is 0.930 bits per heavy atom. The van der Waals surface area contributed by atoms with Crippen LogP contribution in [0.4, 0.5) is 17.1 Å². The number of hydrogen-bond acceptors (Lipinski definition) is 1. The maximum atomic E-state index is 2.44. The third-order valence-electron chi connectivity index (χ3n) is 12.2. The zero-order chi connectivity index (χ0) is 38.1. The quantitative estimate of drug-likeness (QED) is 0.165. The Morgan fingerprint density at radius 3 is 1.67 bits per heavy atom. The molecule has 270 valence electrons. The SMILES string of the molecule is CC1(C)c2ccccc2-c2ccc(N(c3ccc(-c4ccc(-n5c6ccccc6c6ccccc65)cc4)cc3)c3ccccc3-c3ccc4ccccc4c3)cc21. The van der Waals surface area contributed by atoms with Crippen molar-refractivity contribution in [3.63, 3.8) is 0 Å². The van der Waals surface area contributed by atoms with Crippen LogP contribution in [0.5, 0.6) is 0 Å². The van der Waals surface area contributed by atoms with Crippen LogP contribution in [0.3, 0.4) is 0 Å². The molecule has 0 bridgehead atoms. The summed E-state index contributed by atoms with van der Waals surface area (Å²) < 4.78 is 2.37. The molecule has 0 unspecified atom stereocenters. The molecule has 1 aliphatic rings. The van der Waals surface area contributed by atoms with E-state index < -0.39 is 0 Å². The van der Waals surface area contributed by atoms with Crippen LogP contribution in [0.15, 0.2) is 206 Å². The molecular formula is C55H40N2. The molecule has 57 heavy (non-hydrogen) atoms. The lowest BCUT2D eigenvalue weighted by atomic mass is 9.82. The molecule has 2 heteroatoms. The Kier molecular flexibility index (Phi) is 7.55. The lowest BCUT2D eigenvalue weighted by Gasteiger charge is -2.30. The van der Waals surface area contributed by atoms with E-state index in [0.717, 1.165) is 22.7 Å². The molecule has 1 aliphatic carbocycles. The highest BCUT2D eigenvalue weighted by atomic mass is 15.1. The molecule has 0 spiro atoms. The Labute approximate surface area is 333 Å². The molecule has 0 saturated heterocycles. The molecule has 0 saturated carbocycles. The first kappa shape index (κ1) is 33.2. The van der Waals surface area contributed by atoms with Crippen LogP contribution in [0.2, 0.25) is 0 Å². The minimum atomic E-state index is -0.110. The van der Waals surface area contributed by atoms with Crippen molar-refractivity contribution in [1.29, 1.82) is 0 Å². The second-order valence-corrected chi connectivity index (χ2v) is 15.8. The van der Waals surface area contributed by atoms with Gasteiger partial charge in [-0.1, -0.05) is 159 Å². The highest BCUT2D eigenvalue weighted by Gasteiger charge is 2.36. The third kappa shape index (κ3) is 5.33. The average molecular weight is 729 g/mol. The summed E-state index contributed by atoms with van der Waals surface area (Å²) in [6, 6.07) is 75.6. The number of aromatic nitrogens is 1. The first-order chi connectivity index (χ1) is 28.0. The first-order valence-corrected chi connectivity index (χ1v) is 19.8. The van der Waals surface area contributed by atoms with E-state index in [9.17, 15) is 0 Å². The molecule has 0 fully saturated rings. The Hall–Kier alpha value is -7.16. The third-order valence-corrected chi connectivity index (χ3v) is 12.2. The summed E-state index contributed by atoms with van der Waals surface area (Å²) >= 11 is 0. The van der Waals surface area contributed by atoms with Gasteiger partial charge in [0.25, 0.3) is 0 Å². The Morgan fingerprint density at radius 1 is 0.386 bits per heavy atom. The van der Waals surface area contributed by atoms with E-state index in [2.05, 4.69) is 230 Å². The van der Waals surface area contributed by atoms with Crippen LogP contribution < -0.4 is 4.90 Å². The summed E-state index contributed by atoms with van der Waals surface area (Å²) in [5, 5.41) is 5.03. The second kappa shape index (κ2) is 13.0. The van der Waals surface area contributed by atoms with E-state index in [0.29, 0.717) is 0 Å². The monoisotopic (exact) mass is 728 g/mol. The lowest BCUT2D eigenvalue weighted by molar-refractivity contribution is 0.660. The number of nitrogens with zero attached hydrogens (tertiary/aromatic N) is 2. The van der Waals surface area contributed by atoms with Gasteiger partial charge in [0.2, 0.25) is 0 Å². The molecule has 1 heterocycles. The maximum absolute atomic E-state index is 2.44. The van der Waals surface area contributed by atoms with Crippen LogP contribution >= 0.6 is 0 Å². The molecule has 0 aliphatic heterocycles. The minimum absolute atomic E-state index is 0.110. The van der Waals surface area contributed by atoms with Crippen LogP contribution in [0, 0.1) is 0 Å². The van der Waals surface area contributed by atoms with Gasteiger partial charge in [-0.3, -0.25) is 0 Å². The lowest BCUT2D eigenvalue weighted by Crippen LogP contribution is -2.16. The summed E-state index contributed by atoms with van der Waals surface area (Å²) in [5.74, 6) is 0. The topological polar surface area (TPSA) is 8.17 Å². The summed E-state index contributed by atoms with van der Waals surface area (Å²) in [5.41, 5.74) is 17.0. The fourth-order valence-electron chi connectivity index (χ4n) is 9.33. The van der Waals surface area contributed by atoms with Crippen molar-refractivity contribution in [1.82, 2.24) is 4.57 Å². The van der Waals surface area contributed by atoms with Crippen molar-refractivity contribution in [2.45, 2.75) is 19.3 Å². The van der Waals surface area contributed by atoms with E-state index >= 15 is 0 Å². The van der Waals surface area contributed by atoms with Crippen molar-refractivity contribution in [2.75, 3.05) is 4.90 Å². The highest BCUT2D eigenvalue weighted by Crippen LogP contribution is 2.51. The van der Waals surface area contributed by atoms with Gasteiger partial charge in [0.15, 0.2) is 0 Å². The van der Waals surface area contributed by atoms with Crippen molar-refractivity contribution >= 4 is 49.6 Å². The van der Waals surface area contributed by atoms with E-state index in [1.165, 1.54) is 77.1 Å². The molecule has 11 rings (SSSR count). The van der Waals surface area contributed by atoms with Gasteiger partial charge in [-0.15, -0.1) is 0 Å². The molecule has 9 aromatic carbocycles. The standard InChI is InChI=1S/C55H40N2/c1-55(2)50-19-9-5-16-46(50)47-34-33-44(36-51(47)55)56(52-20-10-6-15-45(52)41-24-23-37-13-3-4-14-40(37)35-41)42-29-25-38(26-30-42)39-27-31-43(32-28-39)57-53-21-11-7-17-48(53)49-18-8-12-22-54(49)57/h3-36H,1-2H3. The Bertz CT molecular complexity index is 3090. The average Bonchev–Trinajstić information content (AvgIpc) is 3.72. The van der Waals surface area contributed by atoms with E-state index in [4.69, 9.17) is 0 Å². The van der Waals surface area contributed by atoms with E-state index in [1.54, 1.807) is 0 Å². The molecule has 1 aromatic heterocycles. The fourth-order valence-corrected chi connectivity index (χ4v) is 9.33. The fraction of sp³-hybridized carbons (Fsp3) is 0.0545. The van der Waals surface area contributed by atoms with Gasteiger partial charge in [0, 0.05) is 38.8 Å². The predicted octanol–water partition coefficient (Wildman–Crippen LogP) is 15.0. The van der Waals surface area contributed by atoms with Gasteiger partial charge in [-0.25, -0.2) is 0 Å². The van der Waals surface area contributed by atoms with Gasteiger partial charge < -0.3 is 9.47 Å². The highest BCUT2D eigenvalue weighted by molar-refractivity contribution is 6.09. The van der Waals surface area contributed by atoms with Crippen molar-refractivity contribution < 1.29 is 0 Å². The minimum Gasteiger partial charge on any atom is -0.310 e. The van der Waals surface area contributed by atoms with Crippen molar-refractivity contribution in [2.24, 2.45) is 0 Å². The maximum Gasteiger partial charge on any atom is 0.0541 e. The first-order valence-electron chi connectivity index (χ1n) is 19.8. The van der Waals surface area contributed by atoms with Crippen molar-refractivity contribution in [3.05, 3.63) is 217 Å². The molecule has 0 amide bonds. The number of para-hydroxylation sites is 3. The summed E-state index contributed by atoms with van der Waals surface area (Å²) in [6.07, 6.45) is 0. The normalized spacial score (nSPS) is 12.9. The smallest absolute Gasteiger partial charge is 0.0541 e. The van der Waals surface area contributed by atoms with E-state index in [1.807, 2.05) is 0 Å². The number of benzene rings is 9. The van der Waals surface area contributed by atoms with Crippen LogP contribution in [0.25, 0.3) is 71.6 Å². The van der Waals surface area contributed by atoms with Gasteiger partial charge in [0.1, 0.15) is 0 Å². The Balaban J connectivity index is 1.02. The summed E-state index contributed by atoms with van der Waals surface area (Å²) in [4.78, 5) is 2.44. The molecule has 2 nitrogen and oxygen atoms in total. The summed E-state index contributed by atoms with van der Waals surface area (Å²) in [6.45, 7) is 4.71. The van der Waals surface area contributed by atoms with Crippen LogP contribution in [0.1, 0.15) is 25.0 Å². The number of rotatable bonds is 6. The van der Waals surface area contributed by atoms with Gasteiger partial charge >= 0.3 is 0 Å². The van der Waals surface area contributed by atoms with Gasteiger partial charge in [0.05, 0.1) is 16.7 Å². The summed E-state index contributed by atoms with van der Waals surface area (Å²) in [7, 11) is 0. The number of fused-ring (bicyclic) bond motifs is 7. The van der Waals surface area contributed by atoms with Crippen LogP contribution in [-0.2, 0) is 5.41 Å². The second-order valence-electron chi connectivity index (χ2n) is 15.8. The predicted molar refractivity (Wildman–Crippen MR) is 241 cm³/mol. The molecule has 0 radical (unpaired) electrons.